The maximum absolute atomic E-state index is 5.57. The van der Waals surface area contributed by atoms with Crippen LogP contribution in [0.3, 0.4) is 0 Å². The van der Waals surface area contributed by atoms with E-state index in [9.17, 15) is 0 Å². The summed E-state index contributed by atoms with van der Waals surface area (Å²) in [7, 11) is 0.485. The first-order valence-electron chi connectivity index (χ1n) is 6.78. The second kappa shape index (κ2) is 8.48. The van der Waals surface area contributed by atoms with Gasteiger partial charge in [-0.25, -0.2) is 0 Å². The van der Waals surface area contributed by atoms with Crippen molar-refractivity contribution in [3.05, 3.63) is 29.8 Å². The van der Waals surface area contributed by atoms with E-state index in [1.165, 1.54) is 10.8 Å². The molecular weight excluding hydrogens is 256 g/mol. The largest absolute Gasteiger partial charge is 0.382 e. The zero-order valence-corrected chi connectivity index (χ0v) is 13.6. The molecule has 0 saturated carbocycles. The molecule has 0 heterocycles. The van der Waals surface area contributed by atoms with Gasteiger partial charge >= 0.3 is 0 Å². The maximum atomic E-state index is 5.57. The standard InChI is InChI=1S/C15H26O3Si/c1-16-9-10-17-11-12-18-13-14-5-7-15(8-6-14)19(2,3)4/h5-8H,9-13H2,1-4H3. The van der Waals surface area contributed by atoms with Crippen LogP contribution < -0.4 is 5.19 Å². The molecule has 108 valence electrons. The van der Waals surface area contributed by atoms with Gasteiger partial charge in [0, 0.05) is 7.11 Å². The maximum Gasteiger partial charge on any atom is 0.0775 e. The molecule has 0 aliphatic carbocycles. The van der Waals surface area contributed by atoms with E-state index in [0.717, 1.165) is 0 Å². The van der Waals surface area contributed by atoms with Gasteiger partial charge in [-0.2, -0.15) is 0 Å². The topological polar surface area (TPSA) is 27.7 Å². The molecule has 0 aromatic heterocycles. The Morgan fingerprint density at radius 3 is 2.00 bits per heavy atom. The summed E-state index contributed by atoms with van der Waals surface area (Å²) in [5, 5.41) is 1.49. The predicted octanol–water partition coefficient (Wildman–Crippen LogP) is 2.41. The van der Waals surface area contributed by atoms with E-state index >= 15 is 0 Å². The van der Waals surface area contributed by atoms with Gasteiger partial charge in [0.25, 0.3) is 0 Å². The summed E-state index contributed by atoms with van der Waals surface area (Å²) in [6.45, 7) is 10.2. The molecule has 0 atom stereocenters. The first-order chi connectivity index (χ1) is 9.04. The van der Waals surface area contributed by atoms with Gasteiger partial charge in [-0.05, 0) is 5.56 Å². The lowest BCUT2D eigenvalue weighted by molar-refractivity contribution is 0.0199. The molecule has 1 rings (SSSR count). The van der Waals surface area contributed by atoms with Crippen LogP contribution >= 0.6 is 0 Å². The molecule has 19 heavy (non-hydrogen) atoms. The van der Waals surface area contributed by atoms with Gasteiger partial charge in [0.15, 0.2) is 0 Å². The Morgan fingerprint density at radius 2 is 1.42 bits per heavy atom. The highest BCUT2D eigenvalue weighted by molar-refractivity contribution is 6.88. The summed E-state index contributed by atoms with van der Waals surface area (Å²) in [5.41, 5.74) is 1.22. The molecule has 4 heteroatoms. The quantitative estimate of drug-likeness (QED) is 0.514. The Morgan fingerprint density at radius 1 is 0.842 bits per heavy atom. The van der Waals surface area contributed by atoms with Crippen LogP contribution in [-0.4, -0.2) is 41.6 Å². The Bertz CT molecular complexity index is 343. The molecule has 0 aliphatic heterocycles. The van der Waals surface area contributed by atoms with Gasteiger partial charge < -0.3 is 14.2 Å². The summed E-state index contributed by atoms with van der Waals surface area (Å²) in [5.74, 6) is 0. The van der Waals surface area contributed by atoms with Crippen LogP contribution in [0.25, 0.3) is 0 Å². The van der Waals surface area contributed by atoms with Crippen molar-refractivity contribution in [1.82, 2.24) is 0 Å². The molecule has 1 aromatic rings. The molecule has 0 radical (unpaired) electrons. The third-order valence-electron chi connectivity index (χ3n) is 2.89. The lowest BCUT2D eigenvalue weighted by Gasteiger charge is -2.16. The summed E-state index contributed by atoms with van der Waals surface area (Å²) >= 11 is 0. The Kier molecular flexibility index (Phi) is 7.31. The molecule has 3 nitrogen and oxygen atoms in total. The second-order valence-corrected chi connectivity index (χ2v) is 10.7. The molecule has 0 amide bonds. The van der Waals surface area contributed by atoms with Crippen LogP contribution in [0.15, 0.2) is 24.3 Å². The molecule has 0 bridgehead atoms. The van der Waals surface area contributed by atoms with Crippen LogP contribution in [-0.2, 0) is 20.8 Å². The summed E-state index contributed by atoms with van der Waals surface area (Å²) < 4.78 is 15.8. The van der Waals surface area contributed by atoms with E-state index in [1.807, 2.05) is 0 Å². The fourth-order valence-corrected chi connectivity index (χ4v) is 2.82. The highest BCUT2D eigenvalue weighted by Gasteiger charge is 2.15. The third-order valence-corrected chi connectivity index (χ3v) is 4.96. The number of hydrogen-bond donors (Lipinski definition) is 0. The molecular formula is C15H26O3Si. The van der Waals surface area contributed by atoms with Crippen molar-refractivity contribution in [2.75, 3.05) is 33.5 Å². The number of ether oxygens (including phenoxy) is 3. The van der Waals surface area contributed by atoms with E-state index in [1.54, 1.807) is 7.11 Å². The number of methoxy groups -OCH3 is 1. The lowest BCUT2D eigenvalue weighted by Crippen LogP contribution is -2.37. The molecule has 0 fully saturated rings. The van der Waals surface area contributed by atoms with E-state index in [-0.39, 0.29) is 0 Å². The highest BCUT2D eigenvalue weighted by Crippen LogP contribution is 2.05. The van der Waals surface area contributed by atoms with Crippen LogP contribution in [0.1, 0.15) is 5.56 Å². The highest BCUT2D eigenvalue weighted by atomic mass is 28.3. The minimum absolute atomic E-state index is 0.621. The van der Waals surface area contributed by atoms with Crippen molar-refractivity contribution < 1.29 is 14.2 Å². The van der Waals surface area contributed by atoms with E-state index in [4.69, 9.17) is 14.2 Å². The monoisotopic (exact) mass is 282 g/mol. The zero-order valence-electron chi connectivity index (χ0n) is 12.6. The number of hydrogen-bond acceptors (Lipinski definition) is 3. The predicted molar refractivity (Wildman–Crippen MR) is 81.8 cm³/mol. The number of rotatable bonds is 9. The summed E-state index contributed by atoms with van der Waals surface area (Å²) in [6, 6.07) is 8.80. The zero-order chi connectivity index (χ0) is 14.1. The van der Waals surface area contributed by atoms with E-state index in [2.05, 4.69) is 43.9 Å². The third kappa shape index (κ3) is 6.87. The van der Waals surface area contributed by atoms with Crippen molar-refractivity contribution in [1.29, 1.82) is 0 Å². The van der Waals surface area contributed by atoms with Gasteiger partial charge in [-0.3, -0.25) is 0 Å². The average molecular weight is 282 g/mol. The van der Waals surface area contributed by atoms with Gasteiger partial charge in [0.1, 0.15) is 0 Å². The van der Waals surface area contributed by atoms with E-state index < -0.39 is 8.07 Å². The lowest BCUT2D eigenvalue weighted by atomic mass is 10.2. The van der Waals surface area contributed by atoms with Gasteiger partial charge in [-0.15, -0.1) is 0 Å². The fourth-order valence-electron chi connectivity index (χ4n) is 1.65. The Balaban J connectivity index is 2.20. The molecule has 0 unspecified atom stereocenters. The Labute approximate surface area is 117 Å². The van der Waals surface area contributed by atoms with Crippen molar-refractivity contribution in [3.8, 4) is 0 Å². The summed E-state index contributed by atoms with van der Waals surface area (Å²) in [4.78, 5) is 0. The smallest absolute Gasteiger partial charge is 0.0775 e. The van der Waals surface area contributed by atoms with Gasteiger partial charge in [0.2, 0.25) is 0 Å². The van der Waals surface area contributed by atoms with Gasteiger partial charge in [-0.1, -0.05) is 49.1 Å². The Hall–Kier alpha value is -0.683. The second-order valence-electron chi connectivity index (χ2n) is 5.60. The molecule has 0 N–H and O–H groups in total. The van der Waals surface area contributed by atoms with Crippen LogP contribution in [0, 0.1) is 0 Å². The van der Waals surface area contributed by atoms with Crippen LogP contribution in [0.2, 0.25) is 19.6 Å². The SMILES string of the molecule is COCCOCCOCc1ccc([Si](C)(C)C)cc1. The molecule has 0 spiro atoms. The summed E-state index contributed by atoms with van der Waals surface area (Å²) in [6.07, 6.45) is 0. The van der Waals surface area contributed by atoms with Crippen molar-refractivity contribution in [2.45, 2.75) is 26.2 Å². The average Bonchev–Trinajstić information content (AvgIpc) is 2.37. The van der Waals surface area contributed by atoms with Crippen molar-refractivity contribution in [2.24, 2.45) is 0 Å². The normalized spacial score (nSPS) is 11.8. The molecule has 0 saturated heterocycles. The first kappa shape index (κ1) is 16.4. The van der Waals surface area contributed by atoms with Gasteiger partial charge in [0.05, 0.1) is 41.1 Å². The van der Waals surface area contributed by atoms with Crippen LogP contribution in [0.4, 0.5) is 0 Å². The molecule has 1 aromatic carbocycles. The fraction of sp³-hybridized carbons (Fsp3) is 0.600. The number of benzene rings is 1. The first-order valence-corrected chi connectivity index (χ1v) is 10.3. The molecule has 0 aliphatic rings. The van der Waals surface area contributed by atoms with Crippen molar-refractivity contribution >= 4 is 13.3 Å². The van der Waals surface area contributed by atoms with Crippen molar-refractivity contribution in [3.63, 3.8) is 0 Å². The van der Waals surface area contributed by atoms with E-state index in [0.29, 0.717) is 33.0 Å². The van der Waals surface area contributed by atoms with Crippen LogP contribution in [0.5, 0.6) is 0 Å². The minimum Gasteiger partial charge on any atom is -0.382 e. The minimum atomic E-state index is -1.19.